The maximum Gasteiger partial charge on any atom is 0.122 e. The Bertz CT molecular complexity index is 723. The minimum absolute atomic E-state index is 0.247. The van der Waals surface area contributed by atoms with Crippen molar-refractivity contribution >= 4 is 0 Å². The highest BCUT2D eigenvalue weighted by atomic mass is 16.5. The van der Waals surface area contributed by atoms with Gasteiger partial charge in [-0.2, -0.15) is 0 Å². The summed E-state index contributed by atoms with van der Waals surface area (Å²) in [5, 5.41) is 10.5. The number of ether oxygens (including phenoxy) is 4. The van der Waals surface area contributed by atoms with Crippen LogP contribution in [0, 0.1) is 0 Å². The summed E-state index contributed by atoms with van der Waals surface area (Å²) in [6.45, 7) is 1.54. The molecule has 2 aromatic rings. The zero-order valence-electron chi connectivity index (χ0n) is 16.8. The van der Waals surface area contributed by atoms with E-state index in [-0.39, 0.29) is 6.61 Å². The third-order valence-corrected chi connectivity index (χ3v) is 4.81. The van der Waals surface area contributed by atoms with Gasteiger partial charge in [-0.25, -0.2) is 0 Å². The van der Waals surface area contributed by atoms with Crippen LogP contribution in [0.4, 0.5) is 0 Å². The van der Waals surface area contributed by atoms with Gasteiger partial charge in [0.05, 0.1) is 21.3 Å². The second-order valence-corrected chi connectivity index (χ2v) is 7.02. The van der Waals surface area contributed by atoms with E-state index in [1.807, 2.05) is 42.5 Å². The van der Waals surface area contributed by atoms with E-state index in [1.165, 1.54) is 0 Å². The molecule has 0 aromatic heterocycles. The third-order valence-electron chi connectivity index (χ3n) is 4.81. The highest BCUT2D eigenvalue weighted by Crippen LogP contribution is 2.30. The van der Waals surface area contributed by atoms with E-state index in [4.69, 9.17) is 18.9 Å². The fourth-order valence-corrected chi connectivity index (χ4v) is 3.16. The Morgan fingerprint density at radius 2 is 1.46 bits per heavy atom. The van der Waals surface area contributed by atoms with E-state index in [0.29, 0.717) is 12.6 Å². The number of methoxy groups -OCH3 is 3. The number of benzene rings is 2. The SMILES string of the molecule is COc1ccc(OC[C@@H](O)CN(Cc2cc(OC)cc(OC)c2)C2CC2)cc1. The molecule has 1 aliphatic carbocycles. The van der Waals surface area contributed by atoms with Gasteiger partial charge < -0.3 is 24.1 Å². The average Bonchev–Trinajstić information content (AvgIpc) is 3.57. The normalized spacial score (nSPS) is 14.6. The summed E-state index contributed by atoms with van der Waals surface area (Å²) in [4.78, 5) is 2.30. The monoisotopic (exact) mass is 387 g/mol. The van der Waals surface area contributed by atoms with Crippen molar-refractivity contribution in [3.05, 3.63) is 48.0 Å². The molecule has 152 valence electrons. The van der Waals surface area contributed by atoms with Crippen molar-refractivity contribution in [3.63, 3.8) is 0 Å². The molecule has 1 atom stereocenters. The van der Waals surface area contributed by atoms with Crippen LogP contribution >= 0.6 is 0 Å². The van der Waals surface area contributed by atoms with Crippen LogP contribution in [0.5, 0.6) is 23.0 Å². The number of hydrogen-bond donors (Lipinski definition) is 1. The molecule has 0 spiro atoms. The molecule has 0 bridgehead atoms. The van der Waals surface area contributed by atoms with Crippen molar-refractivity contribution in [1.82, 2.24) is 4.90 Å². The van der Waals surface area contributed by atoms with E-state index in [2.05, 4.69) is 4.90 Å². The first-order valence-corrected chi connectivity index (χ1v) is 9.52. The second-order valence-electron chi connectivity index (χ2n) is 7.02. The standard InChI is InChI=1S/C22H29NO5/c1-25-19-6-8-20(9-7-19)28-15-18(24)14-23(17-4-5-17)13-16-10-21(26-2)12-22(11-16)27-3/h6-12,17-18,24H,4-5,13-15H2,1-3H3/t18-/m0/s1. The molecule has 2 aromatic carbocycles. The van der Waals surface area contributed by atoms with E-state index >= 15 is 0 Å². The molecule has 0 amide bonds. The van der Waals surface area contributed by atoms with Gasteiger partial charge in [-0.3, -0.25) is 4.90 Å². The number of hydrogen-bond acceptors (Lipinski definition) is 6. The van der Waals surface area contributed by atoms with Crippen LogP contribution in [-0.4, -0.2) is 56.6 Å². The highest BCUT2D eigenvalue weighted by molar-refractivity contribution is 5.38. The average molecular weight is 387 g/mol. The maximum absolute atomic E-state index is 10.5. The van der Waals surface area contributed by atoms with Gasteiger partial charge in [-0.15, -0.1) is 0 Å². The lowest BCUT2D eigenvalue weighted by Crippen LogP contribution is -2.36. The van der Waals surface area contributed by atoms with Gasteiger partial charge in [-0.1, -0.05) is 0 Å². The molecular formula is C22H29NO5. The molecule has 0 aliphatic heterocycles. The first kappa shape index (κ1) is 20.3. The summed E-state index contributed by atoms with van der Waals surface area (Å²) in [5.41, 5.74) is 1.10. The van der Waals surface area contributed by atoms with Gasteiger partial charge in [0, 0.05) is 25.2 Å². The van der Waals surface area contributed by atoms with Gasteiger partial charge in [0.25, 0.3) is 0 Å². The minimum atomic E-state index is -0.574. The fourth-order valence-electron chi connectivity index (χ4n) is 3.16. The van der Waals surface area contributed by atoms with E-state index < -0.39 is 6.10 Å². The predicted molar refractivity (Wildman–Crippen MR) is 107 cm³/mol. The minimum Gasteiger partial charge on any atom is -0.497 e. The summed E-state index contributed by atoms with van der Waals surface area (Å²) in [5.74, 6) is 3.04. The van der Waals surface area contributed by atoms with Crippen molar-refractivity contribution in [1.29, 1.82) is 0 Å². The van der Waals surface area contributed by atoms with Crippen molar-refractivity contribution in [2.75, 3.05) is 34.5 Å². The number of rotatable bonds is 11. The Kier molecular flexibility index (Phi) is 7.01. The zero-order valence-corrected chi connectivity index (χ0v) is 16.8. The van der Waals surface area contributed by atoms with Gasteiger partial charge in [0.15, 0.2) is 0 Å². The lowest BCUT2D eigenvalue weighted by Gasteiger charge is -2.25. The van der Waals surface area contributed by atoms with E-state index in [0.717, 1.165) is 47.9 Å². The highest BCUT2D eigenvalue weighted by Gasteiger charge is 2.30. The second kappa shape index (κ2) is 9.66. The summed E-state index contributed by atoms with van der Waals surface area (Å²) < 4.78 is 21.6. The molecule has 0 unspecified atom stereocenters. The van der Waals surface area contributed by atoms with Crippen LogP contribution in [0.3, 0.4) is 0 Å². The molecule has 1 fully saturated rings. The largest absolute Gasteiger partial charge is 0.497 e. The third kappa shape index (κ3) is 5.78. The summed E-state index contributed by atoms with van der Waals surface area (Å²) in [6, 6.07) is 13.8. The van der Waals surface area contributed by atoms with Gasteiger partial charge in [0.2, 0.25) is 0 Å². The zero-order chi connectivity index (χ0) is 19.9. The van der Waals surface area contributed by atoms with Crippen LogP contribution in [0.15, 0.2) is 42.5 Å². The molecular weight excluding hydrogens is 358 g/mol. The fraction of sp³-hybridized carbons (Fsp3) is 0.455. The van der Waals surface area contributed by atoms with Crippen LogP contribution in [0.1, 0.15) is 18.4 Å². The summed E-state index contributed by atoms with van der Waals surface area (Å²) in [6.07, 6.45) is 1.75. The molecule has 0 heterocycles. The Hall–Kier alpha value is -2.44. The topological polar surface area (TPSA) is 60.4 Å². The molecule has 3 rings (SSSR count). The van der Waals surface area contributed by atoms with Crippen LogP contribution < -0.4 is 18.9 Å². The summed E-state index contributed by atoms with van der Waals surface area (Å²) in [7, 11) is 4.93. The molecule has 6 heteroatoms. The Morgan fingerprint density at radius 3 is 2.00 bits per heavy atom. The van der Waals surface area contributed by atoms with Crippen molar-refractivity contribution in [2.45, 2.75) is 31.5 Å². The Morgan fingerprint density at radius 1 is 0.893 bits per heavy atom. The summed E-state index contributed by atoms with van der Waals surface area (Å²) >= 11 is 0. The molecule has 0 radical (unpaired) electrons. The predicted octanol–water partition coefficient (Wildman–Crippen LogP) is 3.12. The van der Waals surface area contributed by atoms with Crippen LogP contribution in [0.2, 0.25) is 0 Å². The first-order chi connectivity index (χ1) is 13.6. The lowest BCUT2D eigenvalue weighted by atomic mass is 10.1. The molecule has 6 nitrogen and oxygen atoms in total. The lowest BCUT2D eigenvalue weighted by molar-refractivity contribution is 0.0626. The first-order valence-electron chi connectivity index (χ1n) is 9.52. The van der Waals surface area contributed by atoms with Gasteiger partial charge in [0.1, 0.15) is 35.7 Å². The number of aliphatic hydroxyl groups excluding tert-OH is 1. The van der Waals surface area contributed by atoms with Crippen molar-refractivity contribution in [2.24, 2.45) is 0 Å². The Balaban J connectivity index is 1.56. The van der Waals surface area contributed by atoms with Crippen LogP contribution in [0.25, 0.3) is 0 Å². The quantitative estimate of drug-likeness (QED) is 0.639. The number of nitrogens with zero attached hydrogens (tertiary/aromatic N) is 1. The smallest absolute Gasteiger partial charge is 0.122 e. The molecule has 1 saturated carbocycles. The Labute approximate surface area is 166 Å². The number of aliphatic hydroxyl groups is 1. The molecule has 28 heavy (non-hydrogen) atoms. The van der Waals surface area contributed by atoms with Crippen molar-refractivity contribution in [3.8, 4) is 23.0 Å². The van der Waals surface area contributed by atoms with E-state index in [1.54, 1.807) is 21.3 Å². The maximum atomic E-state index is 10.5. The molecule has 1 N–H and O–H groups in total. The van der Waals surface area contributed by atoms with Gasteiger partial charge >= 0.3 is 0 Å². The molecule has 0 saturated heterocycles. The van der Waals surface area contributed by atoms with E-state index in [9.17, 15) is 5.11 Å². The molecule has 1 aliphatic rings. The van der Waals surface area contributed by atoms with Crippen LogP contribution in [-0.2, 0) is 6.54 Å². The van der Waals surface area contributed by atoms with Crippen molar-refractivity contribution < 1.29 is 24.1 Å². The van der Waals surface area contributed by atoms with Gasteiger partial charge in [-0.05, 0) is 54.8 Å².